The Balaban J connectivity index is 1.59. The van der Waals surface area contributed by atoms with Gasteiger partial charge in [0.1, 0.15) is 5.82 Å². The highest BCUT2D eigenvalue weighted by Gasteiger charge is 2.13. The van der Waals surface area contributed by atoms with Crippen LogP contribution in [0, 0.1) is 13.8 Å². The van der Waals surface area contributed by atoms with Gasteiger partial charge in [0, 0.05) is 6.42 Å². The molecule has 4 heteroatoms. The van der Waals surface area contributed by atoms with E-state index in [1.165, 1.54) is 16.7 Å². The molecular formula is C20H23N3O. The van der Waals surface area contributed by atoms with Crippen molar-refractivity contribution < 1.29 is 4.79 Å². The van der Waals surface area contributed by atoms with Gasteiger partial charge < -0.3 is 10.3 Å². The molecule has 0 unspecified atom stereocenters. The van der Waals surface area contributed by atoms with Crippen LogP contribution in [0.25, 0.3) is 11.0 Å². The summed E-state index contributed by atoms with van der Waals surface area (Å²) in [5.74, 6) is 0.832. The number of para-hydroxylation sites is 2. The van der Waals surface area contributed by atoms with Gasteiger partial charge in [0.05, 0.1) is 17.1 Å². The number of fused-ring (bicyclic) bond motifs is 1. The van der Waals surface area contributed by atoms with Gasteiger partial charge >= 0.3 is 0 Å². The van der Waals surface area contributed by atoms with E-state index >= 15 is 0 Å². The normalized spacial score (nSPS) is 12.3. The smallest absolute Gasteiger partial charge is 0.220 e. The number of aromatic nitrogens is 2. The molecule has 1 amide bonds. The van der Waals surface area contributed by atoms with Gasteiger partial charge in [-0.25, -0.2) is 4.98 Å². The second-order valence-electron chi connectivity index (χ2n) is 6.36. The Morgan fingerprint density at radius 3 is 2.75 bits per heavy atom. The summed E-state index contributed by atoms with van der Waals surface area (Å²) < 4.78 is 0. The summed E-state index contributed by atoms with van der Waals surface area (Å²) in [6.07, 6.45) is 1.24. The fourth-order valence-corrected chi connectivity index (χ4v) is 2.93. The van der Waals surface area contributed by atoms with Crippen LogP contribution in [0.5, 0.6) is 0 Å². The van der Waals surface area contributed by atoms with Crippen molar-refractivity contribution in [2.24, 2.45) is 0 Å². The predicted octanol–water partition coefficient (Wildman–Crippen LogP) is 3.99. The maximum atomic E-state index is 12.2. The Labute approximate surface area is 142 Å². The van der Waals surface area contributed by atoms with Crippen molar-refractivity contribution in [2.75, 3.05) is 0 Å². The van der Waals surface area contributed by atoms with Crippen molar-refractivity contribution in [3.8, 4) is 0 Å². The molecule has 3 aromatic rings. The maximum absolute atomic E-state index is 12.2. The number of aryl methyl sites for hydroxylation is 3. The molecule has 1 heterocycles. The molecule has 3 rings (SSSR count). The molecule has 0 radical (unpaired) electrons. The average Bonchev–Trinajstić information content (AvgIpc) is 2.98. The van der Waals surface area contributed by atoms with E-state index in [4.69, 9.17) is 0 Å². The van der Waals surface area contributed by atoms with Crippen molar-refractivity contribution in [1.29, 1.82) is 0 Å². The quantitative estimate of drug-likeness (QED) is 0.746. The highest BCUT2D eigenvalue weighted by Crippen LogP contribution is 2.16. The number of carbonyl (C=O) groups excluding carboxylic acids is 1. The largest absolute Gasteiger partial charge is 0.346 e. The van der Waals surface area contributed by atoms with Gasteiger partial charge in [-0.3, -0.25) is 4.79 Å². The molecule has 0 saturated heterocycles. The molecular weight excluding hydrogens is 298 g/mol. The molecule has 0 spiro atoms. The zero-order chi connectivity index (χ0) is 17.1. The lowest BCUT2D eigenvalue weighted by Gasteiger charge is -2.12. The number of imidazole rings is 1. The molecule has 0 aliphatic heterocycles. The first-order valence-electron chi connectivity index (χ1n) is 8.33. The molecule has 1 aromatic heterocycles. The summed E-state index contributed by atoms with van der Waals surface area (Å²) in [5, 5.41) is 3.03. The van der Waals surface area contributed by atoms with Gasteiger partial charge in [0.15, 0.2) is 0 Å². The first-order chi connectivity index (χ1) is 11.5. The number of carbonyl (C=O) groups is 1. The topological polar surface area (TPSA) is 57.8 Å². The van der Waals surface area contributed by atoms with Crippen molar-refractivity contribution in [3.05, 3.63) is 65.0 Å². The second-order valence-corrected chi connectivity index (χ2v) is 6.36. The average molecular weight is 321 g/mol. The first kappa shape index (κ1) is 16.2. The van der Waals surface area contributed by atoms with Gasteiger partial charge in [0.2, 0.25) is 5.91 Å². The number of nitrogens with zero attached hydrogens (tertiary/aromatic N) is 1. The molecule has 0 saturated carbocycles. The molecule has 24 heavy (non-hydrogen) atoms. The molecule has 0 bridgehead atoms. The minimum atomic E-state index is -0.135. The van der Waals surface area contributed by atoms with Crippen LogP contribution >= 0.6 is 0 Å². The van der Waals surface area contributed by atoms with Crippen LogP contribution in [-0.2, 0) is 11.2 Å². The highest BCUT2D eigenvalue weighted by atomic mass is 16.1. The lowest BCUT2D eigenvalue weighted by Crippen LogP contribution is -2.27. The summed E-state index contributed by atoms with van der Waals surface area (Å²) in [6, 6.07) is 14.1. The van der Waals surface area contributed by atoms with Crippen molar-refractivity contribution in [3.63, 3.8) is 0 Å². The minimum absolute atomic E-state index is 0.0444. The zero-order valence-electron chi connectivity index (χ0n) is 14.4. The van der Waals surface area contributed by atoms with E-state index < -0.39 is 0 Å². The third kappa shape index (κ3) is 3.65. The van der Waals surface area contributed by atoms with Gasteiger partial charge in [0.25, 0.3) is 0 Å². The number of amides is 1. The summed E-state index contributed by atoms with van der Waals surface area (Å²) in [5.41, 5.74) is 5.63. The van der Waals surface area contributed by atoms with Gasteiger partial charge in [-0.1, -0.05) is 35.9 Å². The van der Waals surface area contributed by atoms with Crippen LogP contribution in [0.1, 0.15) is 41.9 Å². The van der Waals surface area contributed by atoms with Gasteiger partial charge in [-0.05, 0) is 50.5 Å². The summed E-state index contributed by atoms with van der Waals surface area (Å²) in [4.78, 5) is 20.0. The van der Waals surface area contributed by atoms with Crippen LogP contribution in [0.4, 0.5) is 0 Å². The number of benzene rings is 2. The Morgan fingerprint density at radius 1 is 1.21 bits per heavy atom. The monoisotopic (exact) mass is 321 g/mol. The van der Waals surface area contributed by atoms with E-state index in [2.05, 4.69) is 47.3 Å². The summed E-state index contributed by atoms with van der Waals surface area (Å²) in [7, 11) is 0. The number of hydrogen-bond acceptors (Lipinski definition) is 2. The highest BCUT2D eigenvalue weighted by molar-refractivity contribution is 5.77. The minimum Gasteiger partial charge on any atom is -0.346 e. The lowest BCUT2D eigenvalue weighted by atomic mass is 10.0. The number of nitrogens with one attached hydrogen (secondary N) is 2. The fourth-order valence-electron chi connectivity index (χ4n) is 2.93. The summed E-state index contributed by atoms with van der Waals surface area (Å²) in [6.45, 7) is 6.13. The SMILES string of the molecule is Cc1ccc(CCC(=O)N[C@@H](C)c2nc3ccccc3[nH]2)c(C)c1. The van der Waals surface area contributed by atoms with Gasteiger partial charge in [-0.15, -0.1) is 0 Å². The fraction of sp³-hybridized carbons (Fsp3) is 0.300. The van der Waals surface area contributed by atoms with Crippen LogP contribution in [-0.4, -0.2) is 15.9 Å². The molecule has 124 valence electrons. The first-order valence-corrected chi connectivity index (χ1v) is 8.33. The van der Waals surface area contributed by atoms with Crippen molar-refractivity contribution >= 4 is 16.9 Å². The van der Waals surface area contributed by atoms with E-state index in [1.54, 1.807) is 0 Å². The van der Waals surface area contributed by atoms with Crippen LogP contribution in [0.15, 0.2) is 42.5 Å². The van der Waals surface area contributed by atoms with E-state index in [0.717, 1.165) is 23.3 Å². The number of aromatic amines is 1. The van der Waals surface area contributed by atoms with E-state index in [0.29, 0.717) is 6.42 Å². The number of hydrogen-bond donors (Lipinski definition) is 2. The second kappa shape index (κ2) is 6.87. The van der Waals surface area contributed by atoms with Crippen LogP contribution < -0.4 is 5.32 Å². The molecule has 2 aromatic carbocycles. The molecule has 0 fully saturated rings. The maximum Gasteiger partial charge on any atom is 0.220 e. The number of rotatable bonds is 5. The van der Waals surface area contributed by atoms with Crippen LogP contribution in [0.3, 0.4) is 0 Å². The Bertz CT molecular complexity index is 833. The zero-order valence-corrected chi connectivity index (χ0v) is 14.4. The molecule has 2 N–H and O–H groups in total. The predicted molar refractivity (Wildman–Crippen MR) is 96.9 cm³/mol. The standard InChI is InChI=1S/C20H23N3O/c1-13-8-9-16(14(2)12-13)10-11-19(24)21-15(3)20-22-17-6-4-5-7-18(17)23-20/h4-9,12,15H,10-11H2,1-3H3,(H,21,24)(H,22,23)/t15-/m0/s1. The molecule has 1 atom stereocenters. The number of H-pyrrole nitrogens is 1. The molecule has 0 aliphatic rings. The lowest BCUT2D eigenvalue weighted by molar-refractivity contribution is -0.121. The third-order valence-electron chi connectivity index (χ3n) is 4.31. The van der Waals surface area contributed by atoms with E-state index in [-0.39, 0.29) is 11.9 Å². The Hall–Kier alpha value is -2.62. The molecule has 0 aliphatic carbocycles. The Kier molecular flexibility index (Phi) is 4.65. The van der Waals surface area contributed by atoms with Crippen LogP contribution in [0.2, 0.25) is 0 Å². The van der Waals surface area contributed by atoms with E-state index in [1.807, 2.05) is 31.2 Å². The van der Waals surface area contributed by atoms with Crippen molar-refractivity contribution in [2.45, 2.75) is 39.7 Å². The van der Waals surface area contributed by atoms with E-state index in [9.17, 15) is 4.79 Å². The Morgan fingerprint density at radius 2 is 2.00 bits per heavy atom. The van der Waals surface area contributed by atoms with Crippen molar-refractivity contribution in [1.82, 2.24) is 15.3 Å². The van der Waals surface area contributed by atoms with Gasteiger partial charge in [-0.2, -0.15) is 0 Å². The summed E-state index contributed by atoms with van der Waals surface area (Å²) >= 11 is 0. The molecule has 4 nitrogen and oxygen atoms in total. The third-order valence-corrected chi connectivity index (χ3v) is 4.31.